The van der Waals surface area contributed by atoms with E-state index in [0.29, 0.717) is 18.9 Å². The van der Waals surface area contributed by atoms with E-state index in [1.807, 2.05) is 4.57 Å². The quantitative estimate of drug-likeness (QED) is 0.788. The Bertz CT molecular complexity index is 435. The summed E-state index contributed by atoms with van der Waals surface area (Å²) in [5.41, 5.74) is 1.14. The van der Waals surface area contributed by atoms with Gasteiger partial charge in [0.15, 0.2) is 0 Å². The molecule has 2 aliphatic heterocycles. The number of hydrogen-bond acceptors (Lipinski definition) is 3. The average Bonchev–Trinajstić information content (AvgIpc) is 2.96. The predicted octanol–water partition coefficient (Wildman–Crippen LogP) is 0.607. The van der Waals surface area contributed by atoms with Crippen molar-refractivity contribution in [1.29, 1.82) is 0 Å². The van der Waals surface area contributed by atoms with Crippen LogP contribution in [0.15, 0.2) is 6.20 Å². The fourth-order valence-corrected chi connectivity index (χ4v) is 2.77. The van der Waals surface area contributed by atoms with Crippen molar-refractivity contribution in [2.24, 2.45) is 5.92 Å². The molecule has 1 aromatic rings. The van der Waals surface area contributed by atoms with E-state index in [4.69, 9.17) is 5.11 Å². The Morgan fingerprint density at radius 2 is 2.41 bits per heavy atom. The van der Waals surface area contributed by atoms with E-state index in [9.17, 15) is 4.79 Å². The second kappa shape index (κ2) is 4.14. The zero-order chi connectivity index (χ0) is 11.8. The van der Waals surface area contributed by atoms with Crippen LogP contribution < -0.4 is 5.32 Å². The molecule has 0 radical (unpaired) electrons. The van der Waals surface area contributed by atoms with Crippen LogP contribution in [0.5, 0.6) is 0 Å². The molecule has 2 unspecified atom stereocenters. The third-order valence-corrected chi connectivity index (χ3v) is 3.84. The number of aromatic nitrogens is 2. The van der Waals surface area contributed by atoms with Crippen LogP contribution in [0.25, 0.3) is 0 Å². The molecule has 17 heavy (non-hydrogen) atoms. The molecule has 92 valence electrons. The number of fused-ring (bicyclic) bond motifs is 1. The van der Waals surface area contributed by atoms with Gasteiger partial charge in [-0.2, -0.15) is 0 Å². The fourth-order valence-electron chi connectivity index (χ4n) is 2.77. The van der Waals surface area contributed by atoms with Gasteiger partial charge in [-0.05, 0) is 19.4 Å². The minimum absolute atomic E-state index is 0.244. The lowest BCUT2D eigenvalue weighted by molar-refractivity contribution is -0.142. The van der Waals surface area contributed by atoms with Crippen LogP contribution in [0, 0.1) is 5.92 Å². The molecule has 0 amide bonds. The second-order valence-corrected chi connectivity index (χ2v) is 5.00. The summed E-state index contributed by atoms with van der Waals surface area (Å²) in [7, 11) is 0. The number of aryl methyl sites for hydroxylation is 1. The van der Waals surface area contributed by atoms with E-state index in [0.717, 1.165) is 37.4 Å². The zero-order valence-corrected chi connectivity index (χ0v) is 9.72. The van der Waals surface area contributed by atoms with Crippen molar-refractivity contribution in [2.75, 3.05) is 13.1 Å². The summed E-state index contributed by atoms with van der Waals surface area (Å²) in [6, 6.07) is 0. The molecule has 2 atom stereocenters. The monoisotopic (exact) mass is 235 g/mol. The predicted molar refractivity (Wildman–Crippen MR) is 61.9 cm³/mol. The molecule has 0 spiro atoms. The number of imidazole rings is 1. The van der Waals surface area contributed by atoms with Crippen LogP contribution in [-0.2, 0) is 17.8 Å². The van der Waals surface area contributed by atoms with Gasteiger partial charge in [0.2, 0.25) is 0 Å². The fraction of sp³-hybridized carbons (Fsp3) is 0.667. The van der Waals surface area contributed by atoms with E-state index in [2.05, 4.69) is 16.5 Å². The third kappa shape index (κ3) is 1.95. The first kappa shape index (κ1) is 10.8. The van der Waals surface area contributed by atoms with E-state index in [1.165, 1.54) is 0 Å². The molecular formula is C12H17N3O2. The highest BCUT2D eigenvalue weighted by molar-refractivity contribution is 5.70. The number of rotatable bonds is 2. The molecule has 0 bridgehead atoms. The maximum absolute atomic E-state index is 11.0. The highest BCUT2D eigenvalue weighted by atomic mass is 16.4. The maximum Gasteiger partial charge on any atom is 0.308 e. The van der Waals surface area contributed by atoms with Gasteiger partial charge in [-0.3, -0.25) is 4.79 Å². The summed E-state index contributed by atoms with van der Waals surface area (Å²) < 4.78 is 2.04. The van der Waals surface area contributed by atoms with Crippen molar-refractivity contribution in [3.8, 4) is 0 Å². The van der Waals surface area contributed by atoms with Gasteiger partial charge in [0.05, 0.1) is 11.6 Å². The van der Waals surface area contributed by atoms with Crippen molar-refractivity contribution in [3.63, 3.8) is 0 Å². The summed E-state index contributed by atoms with van der Waals surface area (Å²) >= 11 is 0. The van der Waals surface area contributed by atoms with E-state index in [1.54, 1.807) is 0 Å². The van der Waals surface area contributed by atoms with Gasteiger partial charge in [-0.1, -0.05) is 0 Å². The van der Waals surface area contributed by atoms with Crippen LogP contribution in [-0.4, -0.2) is 33.7 Å². The normalized spacial score (nSPS) is 28.0. The first-order valence-electron chi connectivity index (χ1n) is 6.23. The topological polar surface area (TPSA) is 67.2 Å². The van der Waals surface area contributed by atoms with Crippen molar-refractivity contribution in [2.45, 2.75) is 31.7 Å². The second-order valence-electron chi connectivity index (χ2n) is 5.00. The zero-order valence-electron chi connectivity index (χ0n) is 9.72. The summed E-state index contributed by atoms with van der Waals surface area (Å²) in [6.45, 7) is 2.64. The van der Waals surface area contributed by atoms with Crippen molar-refractivity contribution in [3.05, 3.63) is 17.7 Å². The first-order chi connectivity index (χ1) is 8.24. The molecule has 5 nitrogen and oxygen atoms in total. The standard InChI is InChI=1S/C12H17N3O2/c16-12(17)9-1-2-11-14-10(7-15(11)6-9)8-3-4-13-5-8/h7-9,13H,1-6H2,(H,16,17). The number of nitrogens with zero attached hydrogens (tertiary/aromatic N) is 2. The molecule has 2 N–H and O–H groups in total. The smallest absolute Gasteiger partial charge is 0.308 e. The van der Waals surface area contributed by atoms with Crippen LogP contribution in [0.1, 0.15) is 30.3 Å². The lowest BCUT2D eigenvalue weighted by atomic mass is 10.00. The van der Waals surface area contributed by atoms with Gasteiger partial charge in [-0.15, -0.1) is 0 Å². The van der Waals surface area contributed by atoms with Crippen molar-refractivity contribution < 1.29 is 9.90 Å². The minimum atomic E-state index is -0.687. The Morgan fingerprint density at radius 3 is 3.12 bits per heavy atom. The van der Waals surface area contributed by atoms with Crippen LogP contribution in [0.2, 0.25) is 0 Å². The van der Waals surface area contributed by atoms with Gasteiger partial charge in [0.1, 0.15) is 5.82 Å². The lowest BCUT2D eigenvalue weighted by Gasteiger charge is -2.19. The number of carbonyl (C=O) groups is 1. The van der Waals surface area contributed by atoms with Gasteiger partial charge in [0, 0.05) is 31.6 Å². The molecule has 0 aromatic carbocycles. The van der Waals surface area contributed by atoms with Gasteiger partial charge in [0.25, 0.3) is 0 Å². The largest absolute Gasteiger partial charge is 0.481 e. The highest BCUT2D eigenvalue weighted by Gasteiger charge is 2.27. The molecular weight excluding hydrogens is 218 g/mol. The summed E-state index contributed by atoms with van der Waals surface area (Å²) in [4.78, 5) is 15.6. The molecule has 5 heteroatoms. The van der Waals surface area contributed by atoms with E-state index >= 15 is 0 Å². The van der Waals surface area contributed by atoms with Crippen molar-refractivity contribution in [1.82, 2.24) is 14.9 Å². The number of carboxylic acid groups (broad SMARTS) is 1. The molecule has 0 saturated carbocycles. The SMILES string of the molecule is O=C(O)C1CCc2nc(C3CCNC3)cn2C1. The van der Waals surface area contributed by atoms with Gasteiger partial charge in [-0.25, -0.2) is 4.98 Å². The molecule has 3 heterocycles. The lowest BCUT2D eigenvalue weighted by Crippen LogP contribution is -2.26. The summed E-state index contributed by atoms with van der Waals surface area (Å²) in [5.74, 6) is 0.639. The van der Waals surface area contributed by atoms with Crippen LogP contribution in [0.4, 0.5) is 0 Å². The third-order valence-electron chi connectivity index (χ3n) is 3.84. The summed E-state index contributed by atoms with van der Waals surface area (Å²) in [5, 5.41) is 12.4. The van der Waals surface area contributed by atoms with Crippen LogP contribution >= 0.6 is 0 Å². The molecule has 1 saturated heterocycles. The van der Waals surface area contributed by atoms with E-state index < -0.39 is 5.97 Å². The van der Waals surface area contributed by atoms with E-state index in [-0.39, 0.29) is 5.92 Å². The average molecular weight is 235 g/mol. The Morgan fingerprint density at radius 1 is 1.53 bits per heavy atom. The molecule has 1 aromatic heterocycles. The van der Waals surface area contributed by atoms with Gasteiger partial charge >= 0.3 is 5.97 Å². The molecule has 2 aliphatic rings. The number of carboxylic acids is 1. The minimum Gasteiger partial charge on any atom is -0.481 e. The van der Waals surface area contributed by atoms with Crippen molar-refractivity contribution >= 4 is 5.97 Å². The molecule has 0 aliphatic carbocycles. The Hall–Kier alpha value is -1.36. The first-order valence-corrected chi connectivity index (χ1v) is 6.23. The number of aliphatic carboxylic acids is 1. The number of nitrogens with one attached hydrogen (secondary N) is 1. The Balaban J connectivity index is 1.81. The van der Waals surface area contributed by atoms with Gasteiger partial charge < -0.3 is 15.0 Å². The molecule has 3 rings (SSSR count). The number of hydrogen-bond donors (Lipinski definition) is 2. The Kier molecular flexibility index (Phi) is 2.63. The van der Waals surface area contributed by atoms with Crippen LogP contribution in [0.3, 0.4) is 0 Å². The highest BCUT2D eigenvalue weighted by Crippen LogP contribution is 2.26. The Labute approximate surface area is 99.8 Å². The summed E-state index contributed by atoms with van der Waals surface area (Å²) in [6.07, 6.45) is 4.70. The maximum atomic E-state index is 11.0. The molecule has 1 fully saturated rings.